The van der Waals surface area contributed by atoms with E-state index in [0.29, 0.717) is 59.5 Å². The molecule has 1 amide bonds. The minimum absolute atomic E-state index is 0.113. The average molecular weight is 491 g/mol. The highest BCUT2D eigenvalue weighted by Gasteiger charge is 2.34. The van der Waals surface area contributed by atoms with Crippen molar-refractivity contribution in [2.24, 2.45) is 0 Å². The molecule has 1 aliphatic heterocycles. The van der Waals surface area contributed by atoms with Gasteiger partial charge in [-0.3, -0.25) is 19.4 Å². The summed E-state index contributed by atoms with van der Waals surface area (Å²) in [7, 11) is 1.49. The SMILES string of the molecule is CCOCCOc1cc(-c2cc(C)c3c(n2)CN(c2cnn(CC(F)(F)F)c2)C3=O)cnc1OC. The maximum absolute atomic E-state index is 13.0. The number of aryl methyl sites for hydroxylation is 1. The third-order valence-electron chi connectivity index (χ3n) is 5.33. The van der Waals surface area contributed by atoms with Crippen LogP contribution in [0.4, 0.5) is 18.9 Å². The highest BCUT2D eigenvalue weighted by Crippen LogP contribution is 2.34. The predicted octanol–water partition coefficient (Wildman–Crippen LogP) is 3.80. The summed E-state index contributed by atoms with van der Waals surface area (Å²) in [6.45, 7) is 3.87. The van der Waals surface area contributed by atoms with Crippen molar-refractivity contribution >= 4 is 11.6 Å². The standard InChI is InChI=1S/C23H24F3N5O4/c1-4-34-5-6-35-19-8-15(9-27-21(19)33-3)17-7-14(2)20-18(29-17)12-31(22(20)32)16-10-28-30(11-16)13-23(24,25)26/h7-11H,4-6,12-13H2,1-3H3. The molecule has 12 heteroatoms. The fourth-order valence-corrected chi connectivity index (χ4v) is 3.80. The number of ether oxygens (including phenoxy) is 3. The van der Waals surface area contributed by atoms with Crippen LogP contribution in [0.2, 0.25) is 0 Å². The van der Waals surface area contributed by atoms with Gasteiger partial charge in [0, 0.05) is 24.6 Å². The van der Waals surface area contributed by atoms with E-state index in [1.165, 1.54) is 24.4 Å². The van der Waals surface area contributed by atoms with Crippen LogP contribution in [0, 0.1) is 6.92 Å². The van der Waals surface area contributed by atoms with Crippen LogP contribution in [-0.4, -0.2) is 58.8 Å². The molecule has 1 aliphatic rings. The van der Waals surface area contributed by atoms with Crippen molar-refractivity contribution in [3.63, 3.8) is 0 Å². The number of nitrogens with zero attached hydrogens (tertiary/aromatic N) is 5. The normalized spacial score (nSPS) is 13.3. The molecule has 0 atom stereocenters. The van der Waals surface area contributed by atoms with Gasteiger partial charge in [-0.05, 0) is 31.5 Å². The smallest absolute Gasteiger partial charge is 0.408 e. The lowest BCUT2D eigenvalue weighted by atomic mass is 10.0. The number of carbonyl (C=O) groups is 1. The van der Waals surface area contributed by atoms with Crippen molar-refractivity contribution in [2.75, 3.05) is 31.8 Å². The zero-order valence-corrected chi connectivity index (χ0v) is 19.4. The zero-order valence-electron chi connectivity index (χ0n) is 19.4. The zero-order chi connectivity index (χ0) is 25.2. The number of methoxy groups -OCH3 is 1. The monoisotopic (exact) mass is 491 g/mol. The van der Waals surface area contributed by atoms with Gasteiger partial charge in [-0.25, -0.2) is 4.98 Å². The largest absolute Gasteiger partial charge is 0.486 e. The molecule has 186 valence electrons. The van der Waals surface area contributed by atoms with Crippen LogP contribution < -0.4 is 14.4 Å². The van der Waals surface area contributed by atoms with E-state index >= 15 is 0 Å². The molecule has 0 fully saturated rings. The Morgan fingerprint density at radius 2 is 1.97 bits per heavy atom. The predicted molar refractivity (Wildman–Crippen MR) is 120 cm³/mol. The fraction of sp³-hybridized carbons (Fsp3) is 0.391. The summed E-state index contributed by atoms with van der Waals surface area (Å²) in [5.41, 5.74) is 3.14. The summed E-state index contributed by atoms with van der Waals surface area (Å²) in [5.74, 6) is 0.413. The summed E-state index contributed by atoms with van der Waals surface area (Å²) in [6.07, 6.45) is -0.373. The Balaban J connectivity index is 1.59. The first-order valence-corrected chi connectivity index (χ1v) is 10.9. The van der Waals surface area contributed by atoms with Gasteiger partial charge in [0.1, 0.15) is 13.2 Å². The number of alkyl halides is 3. The van der Waals surface area contributed by atoms with Crippen molar-refractivity contribution < 1.29 is 32.2 Å². The van der Waals surface area contributed by atoms with E-state index in [4.69, 9.17) is 14.2 Å². The molecule has 0 unspecified atom stereocenters. The summed E-state index contributed by atoms with van der Waals surface area (Å²) in [5, 5.41) is 3.73. The summed E-state index contributed by atoms with van der Waals surface area (Å²) in [4.78, 5) is 23.3. The third kappa shape index (κ3) is 5.37. The van der Waals surface area contributed by atoms with Gasteiger partial charge in [-0.2, -0.15) is 18.3 Å². The lowest BCUT2D eigenvalue weighted by molar-refractivity contribution is -0.142. The maximum Gasteiger partial charge on any atom is 0.408 e. The van der Waals surface area contributed by atoms with Crippen LogP contribution in [0.5, 0.6) is 11.6 Å². The maximum atomic E-state index is 13.0. The van der Waals surface area contributed by atoms with Crippen molar-refractivity contribution in [1.82, 2.24) is 19.7 Å². The van der Waals surface area contributed by atoms with E-state index in [-0.39, 0.29) is 18.1 Å². The first-order chi connectivity index (χ1) is 16.7. The molecule has 35 heavy (non-hydrogen) atoms. The van der Waals surface area contributed by atoms with E-state index in [1.54, 1.807) is 25.3 Å². The van der Waals surface area contributed by atoms with Gasteiger partial charge >= 0.3 is 6.18 Å². The van der Waals surface area contributed by atoms with Gasteiger partial charge < -0.3 is 14.2 Å². The molecule has 3 aromatic heterocycles. The quantitative estimate of drug-likeness (QED) is 0.421. The molecular formula is C23H24F3N5O4. The number of hydrogen-bond acceptors (Lipinski definition) is 7. The first-order valence-electron chi connectivity index (χ1n) is 10.9. The van der Waals surface area contributed by atoms with Crippen molar-refractivity contribution in [3.05, 3.63) is 47.5 Å². The van der Waals surface area contributed by atoms with E-state index < -0.39 is 12.7 Å². The second kappa shape index (κ2) is 9.90. The number of rotatable bonds is 9. The molecule has 0 N–H and O–H groups in total. The number of fused-ring (bicyclic) bond motifs is 1. The van der Waals surface area contributed by atoms with Crippen molar-refractivity contribution in [1.29, 1.82) is 0 Å². The second-order valence-electron chi connectivity index (χ2n) is 7.83. The Kier molecular flexibility index (Phi) is 6.92. The van der Waals surface area contributed by atoms with E-state index in [1.807, 2.05) is 6.92 Å². The summed E-state index contributed by atoms with van der Waals surface area (Å²) in [6, 6.07) is 3.52. The number of hydrogen-bond donors (Lipinski definition) is 0. The molecule has 0 aromatic carbocycles. The highest BCUT2D eigenvalue weighted by molar-refractivity contribution is 6.10. The molecule has 0 saturated carbocycles. The summed E-state index contributed by atoms with van der Waals surface area (Å²) < 4.78 is 55.1. The van der Waals surface area contributed by atoms with E-state index in [9.17, 15) is 18.0 Å². The Morgan fingerprint density at radius 1 is 1.17 bits per heavy atom. The Hall–Kier alpha value is -3.67. The van der Waals surface area contributed by atoms with E-state index in [2.05, 4.69) is 15.1 Å². The van der Waals surface area contributed by atoms with Crippen LogP contribution >= 0.6 is 0 Å². The Labute approximate surface area is 199 Å². The number of halogens is 3. The molecule has 3 aromatic rings. The molecular weight excluding hydrogens is 467 g/mol. The van der Waals surface area contributed by atoms with Crippen LogP contribution in [0.25, 0.3) is 11.3 Å². The molecule has 4 heterocycles. The van der Waals surface area contributed by atoms with Gasteiger partial charge in [-0.15, -0.1) is 0 Å². The van der Waals surface area contributed by atoms with Crippen molar-refractivity contribution in [3.8, 4) is 22.9 Å². The molecule has 4 rings (SSSR count). The lowest BCUT2D eigenvalue weighted by Crippen LogP contribution is -2.23. The molecule has 0 saturated heterocycles. The minimum atomic E-state index is -4.41. The van der Waals surface area contributed by atoms with Crippen LogP contribution in [0.3, 0.4) is 0 Å². The number of carbonyl (C=O) groups excluding carboxylic acids is 1. The fourth-order valence-electron chi connectivity index (χ4n) is 3.80. The topological polar surface area (TPSA) is 91.6 Å². The second-order valence-corrected chi connectivity index (χ2v) is 7.83. The van der Waals surface area contributed by atoms with Gasteiger partial charge in [0.25, 0.3) is 11.8 Å². The first kappa shape index (κ1) is 24.5. The molecule has 0 bridgehead atoms. The Bertz CT molecular complexity index is 1230. The number of amides is 1. The van der Waals surface area contributed by atoms with Crippen LogP contribution in [0.15, 0.2) is 30.7 Å². The van der Waals surface area contributed by atoms with Gasteiger partial charge in [0.15, 0.2) is 5.75 Å². The highest BCUT2D eigenvalue weighted by atomic mass is 19.4. The van der Waals surface area contributed by atoms with Gasteiger partial charge in [-0.1, -0.05) is 0 Å². The molecule has 0 radical (unpaired) electrons. The third-order valence-corrected chi connectivity index (χ3v) is 5.33. The summed E-state index contributed by atoms with van der Waals surface area (Å²) >= 11 is 0. The van der Waals surface area contributed by atoms with E-state index in [0.717, 1.165) is 4.68 Å². The molecule has 9 nitrogen and oxygen atoms in total. The number of aromatic nitrogens is 4. The Morgan fingerprint density at radius 3 is 2.69 bits per heavy atom. The van der Waals surface area contributed by atoms with Gasteiger partial charge in [0.2, 0.25) is 0 Å². The van der Waals surface area contributed by atoms with Crippen molar-refractivity contribution in [2.45, 2.75) is 33.1 Å². The van der Waals surface area contributed by atoms with Gasteiger partial charge in [0.05, 0.1) is 49.1 Å². The number of pyridine rings is 2. The number of anilines is 1. The average Bonchev–Trinajstić information content (AvgIpc) is 3.39. The van der Waals surface area contributed by atoms with Crippen LogP contribution in [-0.2, 0) is 17.8 Å². The van der Waals surface area contributed by atoms with Crippen LogP contribution in [0.1, 0.15) is 28.5 Å². The lowest BCUT2D eigenvalue weighted by Gasteiger charge is -2.12. The molecule has 0 spiro atoms. The minimum Gasteiger partial charge on any atom is -0.486 e. The molecule has 0 aliphatic carbocycles.